The average molecular weight is 234 g/mol. The maximum atomic E-state index is 11.4. The zero-order chi connectivity index (χ0) is 12.4. The van der Waals surface area contributed by atoms with E-state index in [2.05, 4.69) is 11.4 Å². The highest BCUT2D eigenvalue weighted by Gasteiger charge is 2.23. The zero-order valence-electron chi connectivity index (χ0n) is 10.2. The molecule has 1 aliphatic heterocycles. The number of likely N-dealkylation sites (N-methyl/N-ethyl adjacent to an activating group) is 1. The number of hydrogen-bond donors (Lipinski definition) is 2. The fourth-order valence-electron chi connectivity index (χ4n) is 2.33. The molecule has 17 heavy (non-hydrogen) atoms. The van der Waals surface area contributed by atoms with Crippen molar-refractivity contribution in [2.45, 2.75) is 19.4 Å². The van der Waals surface area contributed by atoms with Crippen molar-refractivity contribution in [2.75, 3.05) is 25.1 Å². The summed E-state index contributed by atoms with van der Waals surface area (Å²) in [6, 6.07) is 5.98. The Morgan fingerprint density at radius 3 is 2.94 bits per heavy atom. The van der Waals surface area contributed by atoms with Crippen LogP contribution in [0.5, 0.6) is 0 Å². The molecular formula is C13H18N2O2. The first kappa shape index (κ1) is 12.1. The molecule has 0 bridgehead atoms. The van der Waals surface area contributed by atoms with Gasteiger partial charge in [0.05, 0.1) is 12.6 Å². The van der Waals surface area contributed by atoms with Gasteiger partial charge >= 0.3 is 0 Å². The lowest BCUT2D eigenvalue weighted by Gasteiger charge is -2.17. The molecule has 0 aliphatic carbocycles. The van der Waals surface area contributed by atoms with Gasteiger partial charge in [-0.3, -0.25) is 4.79 Å². The maximum absolute atomic E-state index is 11.4. The Bertz CT molecular complexity index is 427. The van der Waals surface area contributed by atoms with Gasteiger partial charge in [0, 0.05) is 19.2 Å². The number of aliphatic hydroxyl groups is 1. The summed E-state index contributed by atoms with van der Waals surface area (Å²) in [6.45, 7) is 2.43. The standard InChI is InChI=1S/C13H18N2O2/c1-9(17)15-6-5-11-7-10(3-4-13(11)15)12(8-16)14-2/h3-4,7,12,14,16H,5-6,8H2,1-2H3. The fourth-order valence-corrected chi connectivity index (χ4v) is 2.33. The van der Waals surface area contributed by atoms with Crippen molar-refractivity contribution < 1.29 is 9.90 Å². The first-order chi connectivity index (χ1) is 8.17. The Hall–Kier alpha value is -1.39. The van der Waals surface area contributed by atoms with Crippen LogP contribution >= 0.6 is 0 Å². The molecule has 1 unspecified atom stereocenters. The van der Waals surface area contributed by atoms with E-state index in [1.54, 1.807) is 11.8 Å². The van der Waals surface area contributed by atoms with Gasteiger partial charge in [-0.15, -0.1) is 0 Å². The number of nitrogens with one attached hydrogen (secondary N) is 1. The lowest BCUT2D eigenvalue weighted by atomic mass is 10.0. The van der Waals surface area contributed by atoms with Crippen molar-refractivity contribution in [3.8, 4) is 0 Å². The van der Waals surface area contributed by atoms with Gasteiger partial charge in [-0.05, 0) is 30.7 Å². The molecule has 1 aliphatic rings. The van der Waals surface area contributed by atoms with Crippen LogP contribution in [0.4, 0.5) is 5.69 Å². The van der Waals surface area contributed by atoms with Crippen molar-refractivity contribution in [2.24, 2.45) is 0 Å². The second kappa shape index (κ2) is 4.85. The minimum atomic E-state index is -0.0355. The predicted octanol–water partition coefficient (Wildman–Crippen LogP) is 0.848. The van der Waals surface area contributed by atoms with Crippen molar-refractivity contribution in [1.82, 2.24) is 5.32 Å². The molecule has 1 aromatic rings. The number of carbonyl (C=O) groups excluding carboxylic acids is 1. The van der Waals surface area contributed by atoms with Crippen LogP contribution in [0.3, 0.4) is 0 Å². The number of aliphatic hydroxyl groups excluding tert-OH is 1. The van der Waals surface area contributed by atoms with Crippen LogP contribution in [0.25, 0.3) is 0 Å². The van der Waals surface area contributed by atoms with Crippen molar-refractivity contribution in [3.05, 3.63) is 29.3 Å². The molecule has 0 radical (unpaired) electrons. The van der Waals surface area contributed by atoms with Crippen LogP contribution < -0.4 is 10.2 Å². The Morgan fingerprint density at radius 1 is 1.59 bits per heavy atom. The number of fused-ring (bicyclic) bond motifs is 1. The zero-order valence-corrected chi connectivity index (χ0v) is 10.2. The predicted molar refractivity (Wildman–Crippen MR) is 67.1 cm³/mol. The van der Waals surface area contributed by atoms with Gasteiger partial charge in [0.25, 0.3) is 0 Å². The van der Waals surface area contributed by atoms with Crippen LogP contribution in [-0.4, -0.2) is 31.2 Å². The lowest BCUT2D eigenvalue weighted by Crippen LogP contribution is -2.25. The number of nitrogens with zero attached hydrogens (tertiary/aromatic N) is 1. The van der Waals surface area contributed by atoms with E-state index >= 15 is 0 Å². The molecule has 0 spiro atoms. The van der Waals surface area contributed by atoms with E-state index < -0.39 is 0 Å². The molecule has 1 atom stereocenters. The van der Waals surface area contributed by atoms with E-state index in [1.807, 2.05) is 19.2 Å². The molecular weight excluding hydrogens is 216 g/mol. The van der Waals surface area contributed by atoms with E-state index in [9.17, 15) is 9.90 Å². The van der Waals surface area contributed by atoms with E-state index in [4.69, 9.17) is 0 Å². The van der Waals surface area contributed by atoms with E-state index in [-0.39, 0.29) is 18.6 Å². The van der Waals surface area contributed by atoms with Crippen LogP contribution in [0, 0.1) is 0 Å². The van der Waals surface area contributed by atoms with Crippen LogP contribution in [-0.2, 0) is 11.2 Å². The first-order valence-electron chi connectivity index (χ1n) is 5.86. The smallest absolute Gasteiger partial charge is 0.223 e. The molecule has 2 N–H and O–H groups in total. The second-order valence-electron chi connectivity index (χ2n) is 4.33. The van der Waals surface area contributed by atoms with Gasteiger partial charge in [-0.1, -0.05) is 12.1 Å². The molecule has 2 rings (SSSR count). The number of amides is 1. The van der Waals surface area contributed by atoms with Gasteiger partial charge in [0.1, 0.15) is 0 Å². The number of hydrogen-bond acceptors (Lipinski definition) is 3. The Balaban J connectivity index is 2.31. The molecule has 92 valence electrons. The Kier molecular flexibility index (Phi) is 3.45. The van der Waals surface area contributed by atoms with Crippen molar-refractivity contribution in [3.63, 3.8) is 0 Å². The highest BCUT2D eigenvalue weighted by atomic mass is 16.3. The molecule has 0 saturated heterocycles. The molecule has 1 amide bonds. The van der Waals surface area contributed by atoms with Gasteiger partial charge in [0.15, 0.2) is 0 Å². The number of anilines is 1. The minimum Gasteiger partial charge on any atom is -0.394 e. The Labute approximate surface area is 101 Å². The number of rotatable bonds is 3. The topological polar surface area (TPSA) is 52.6 Å². The van der Waals surface area contributed by atoms with Gasteiger partial charge in [-0.2, -0.15) is 0 Å². The summed E-state index contributed by atoms with van der Waals surface area (Å²) >= 11 is 0. The van der Waals surface area contributed by atoms with Crippen LogP contribution in [0.1, 0.15) is 24.1 Å². The van der Waals surface area contributed by atoms with Crippen LogP contribution in [0.15, 0.2) is 18.2 Å². The molecule has 0 fully saturated rings. The third-order valence-electron chi connectivity index (χ3n) is 3.31. The van der Waals surface area contributed by atoms with Gasteiger partial charge < -0.3 is 15.3 Å². The number of benzene rings is 1. The monoisotopic (exact) mass is 234 g/mol. The SMILES string of the molecule is CNC(CO)c1ccc2c(c1)CCN2C(C)=O. The summed E-state index contributed by atoms with van der Waals surface area (Å²) < 4.78 is 0. The number of carbonyl (C=O) groups is 1. The van der Waals surface area contributed by atoms with Gasteiger partial charge in [-0.25, -0.2) is 0 Å². The third kappa shape index (κ3) is 2.18. The van der Waals surface area contributed by atoms with Crippen molar-refractivity contribution in [1.29, 1.82) is 0 Å². The van der Waals surface area contributed by atoms with E-state index in [1.165, 1.54) is 5.56 Å². The normalized spacial score (nSPS) is 15.8. The summed E-state index contributed by atoms with van der Waals surface area (Å²) in [5, 5.41) is 12.3. The quantitative estimate of drug-likeness (QED) is 0.815. The summed E-state index contributed by atoms with van der Waals surface area (Å²) in [7, 11) is 1.83. The molecule has 0 aromatic heterocycles. The van der Waals surface area contributed by atoms with Gasteiger partial charge in [0.2, 0.25) is 5.91 Å². The van der Waals surface area contributed by atoms with E-state index in [0.29, 0.717) is 0 Å². The molecule has 1 aromatic carbocycles. The highest BCUT2D eigenvalue weighted by molar-refractivity contribution is 5.93. The second-order valence-corrected chi connectivity index (χ2v) is 4.33. The first-order valence-corrected chi connectivity index (χ1v) is 5.86. The van der Waals surface area contributed by atoms with Crippen LogP contribution in [0.2, 0.25) is 0 Å². The Morgan fingerprint density at radius 2 is 2.35 bits per heavy atom. The molecule has 4 heteroatoms. The highest BCUT2D eigenvalue weighted by Crippen LogP contribution is 2.30. The van der Waals surface area contributed by atoms with Crippen molar-refractivity contribution >= 4 is 11.6 Å². The van der Waals surface area contributed by atoms with E-state index in [0.717, 1.165) is 24.2 Å². The summed E-state index contributed by atoms with van der Waals surface area (Å²) in [4.78, 5) is 13.2. The minimum absolute atomic E-state index is 0.0355. The third-order valence-corrected chi connectivity index (χ3v) is 3.31. The fraction of sp³-hybridized carbons (Fsp3) is 0.462. The summed E-state index contributed by atoms with van der Waals surface area (Å²) in [6.07, 6.45) is 0.893. The summed E-state index contributed by atoms with van der Waals surface area (Å²) in [5.41, 5.74) is 3.26. The molecule has 4 nitrogen and oxygen atoms in total. The maximum Gasteiger partial charge on any atom is 0.223 e. The molecule has 1 heterocycles. The average Bonchev–Trinajstić information content (AvgIpc) is 2.73. The summed E-state index contributed by atoms with van der Waals surface area (Å²) in [5.74, 6) is 0.0869. The lowest BCUT2D eigenvalue weighted by molar-refractivity contribution is -0.116. The largest absolute Gasteiger partial charge is 0.394 e. The molecule has 0 saturated carbocycles.